The van der Waals surface area contributed by atoms with Crippen molar-refractivity contribution in [3.8, 4) is 5.75 Å². The van der Waals surface area contributed by atoms with Crippen LogP contribution in [0.25, 0.3) is 0 Å². The van der Waals surface area contributed by atoms with Gasteiger partial charge in [0.25, 0.3) is 5.91 Å². The van der Waals surface area contributed by atoms with Crippen LogP contribution in [0.5, 0.6) is 5.75 Å². The number of ether oxygens (including phenoxy) is 1. The second-order valence-corrected chi connectivity index (χ2v) is 4.90. The van der Waals surface area contributed by atoms with E-state index in [4.69, 9.17) is 9.15 Å². The molecule has 0 fully saturated rings. The smallest absolute Gasteiger partial charge is 0.258 e. The second-order valence-electron chi connectivity index (χ2n) is 4.90. The minimum atomic E-state index is -0.155. The summed E-state index contributed by atoms with van der Waals surface area (Å²) in [5, 5.41) is 2.86. The van der Waals surface area contributed by atoms with E-state index >= 15 is 0 Å². The van der Waals surface area contributed by atoms with E-state index < -0.39 is 0 Å². The lowest BCUT2D eigenvalue weighted by Gasteiger charge is -2.22. The molecule has 0 saturated carbocycles. The maximum Gasteiger partial charge on any atom is 0.258 e. The molecule has 1 N–H and O–H groups in total. The Balaban J connectivity index is 1.80. The van der Waals surface area contributed by atoms with Crippen molar-refractivity contribution in [2.24, 2.45) is 0 Å². The SMILES string of the molecule is CN(C)[C@H](CNC(=O)COc1ccccc1)c1ccco1. The Morgan fingerprint density at radius 1 is 1.24 bits per heavy atom. The largest absolute Gasteiger partial charge is 0.484 e. The average molecular weight is 288 g/mol. The Bertz CT molecular complexity index is 538. The molecule has 0 unspecified atom stereocenters. The molecule has 0 spiro atoms. The molecule has 1 amide bonds. The van der Waals surface area contributed by atoms with E-state index in [1.165, 1.54) is 0 Å². The maximum absolute atomic E-state index is 11.8. The van der Waals surface area contributed by atoms with Crippen LogP contribution in [0, 0.1) is 0 Å². The number of likely N-dealkylation sites (N-methyl/N-ethyl adjacent to an activating group) is 1. The van der Waals surface area contributed by atoms with Crippen LogP contribution in [0.15, 0.2) is 53.1 Å². The molecule has 112 valence electrons. The molecule has 1 heterocycles. The number of nitrogens with one attached hydrogen (secondary N) is 1. The van der Waals surface area contributed by atoms with E-state index in [2.05, 4.69) is 5.32 Å². The van der Waals surface area contributed by atoms with Crippen LogP contribution < -0.4 is 10.1 Å². The Morgan fingerprint density at radius 2 is 2.00 bits per heavy atom. The maximum atomic E-state index is 11.8. The summed E-state index contributed by atoms with van der Waals surface area (Å²) in [6.07, 6.45) is 1.63. The van der Waals surface area contributed by atoms with Gasteiger partial charge in [0.05, 0.1) is 12.3 Å². The van der Waals surface area contributed by atoms with Gasteiger partial charge in [0.2, 0.25) is 0 Å². The predicted octanol–water partition coefficient (Wildman–Crippen LogP) is 2.08. The summed E-state index contributed by atoms with van der Waals surface area (Å²) in [5.41, 5.74) is 0. The number of hydrogen-bond acceptors (Lipinski definition) is 4. The summed E-state index contributed by atoms with van der Waals surface area (Å²) in [5.74, 6) is 1.35. The molecule has 0 aliphatic heterocycles. The minimum Gasteiger partial charge on any atom is -0.484 e. The van der Waals surface area contributed by atoms with Gasteiger partial charge in [-0.3, -0.25) is 9.69 Å². The highest BCUT2D eigenvalue weighted by molar-refractivity contribution is 5.77. The highest BCUT2D eigenvalue weighted by Gasteiger charge is 2.17. The van der Waals surface area contributed by atoms with Gasteiger partial charge in [0.1, 0.15) is 11.5 Å². The molecule has 0 aliphatic carbocycles. The van der Waals surface area contributed by atoms with Gasteiger partial charge in [-0.15, -0.1) is 0 Å². The van der Waals surface area contributed by atoms with Crippen molar-refractivity contribution in [3.63, 3.8) is 0 Å². The van der Waals surface area contributed by atoms with Crippen LogP contribution in [-0.4, -0.2) is 38.1 Å². The number of hydrogen-bond donors (Lipinski definition) is 1. The highest BCUT2D eigenvalue weighted by Crippen LogP contribution is 2.17. The number of nitrogens with zero attached hydrogens (tertiary/aromatic N) is 1. The first-order valence-electron chi connectivity index (χ1n) is 6.81. The topological polar surface area (TPSA) is 54.7 Å². The van der Waals surface area contributed by atoms with Crippen LogP contribution in [0.2, 0.25) is 0 Å². The third-order valence-corrected chi connectivity index (χ3v) is 3.10. The van der Waals surface area contributed by atoms with Crippen molar-refractivity contribution >= 4 is 5.91 Å². The van der Waals surface area contributed by atoms with Crippen molar-refractivity contribution in [1.29, 1.82) is 0 Å². The molecule has 2 rings (SSSR count). The van der Waals surface area contributed by atoms with Gasteiger partial charge >= 0.3 is 0 Å². The quantitative estimate of drug-likeness (QED) is 0.847. The number of rotatable bonds is 7. The van der Waals surface area contributed by atoms with Crippen LogP contribution in [0.1, 0.15) is 11.8 Å². The Morgan fingerprint density at radius 3 is 2.62 bits per heavy atom. The molecule has 1 aromatic heterocycles. The molecule has 1 aromatic carbocycles. The van der Waals surface area contributed by atoms with Crippen molar-refractivity contribution in [2.75, 3.05) is 27.2 Å². The number of furan rings is 1. The molecule has 5 nitrogen and oxygen atoms in total. The molecule has 0 saturated heterocycles. The first-order chi connectivity index (χ1) is 10.2. The van der Waals surface area contributed by atoms with E-state index in [1.807, 2.05) is 61.5 Å². The predicted molar refractivity (Wildman–Crippen MR) is 80.1 cm³/mol. The molecule has 2 aromatic rings. The lowest BCUT2D eigenvalue weighted by molar-refractivity contribution is -0.123. The Kier molecular flexibility index (Phi) is 5.40. The Hall–Kier alpha value is -2.27. The summed E-state index contributed by atoms with van der Waals surface area (Å²) >= 11 is 0. The van der Waals surface area contributed by atoms with Crippen LogP contribution in [-0.2, 0) is 4.79 Å². The molecule has 0 radical (unpaired) electrons. The van der Waals surface area contributed by atoms with E-state index in [9.17, 15) is 4.79 Å². The normalized spacial score (nSPS) is 12.1. The lowest BCUT2D eigenvalue weighted by Crippen LogP contribution is -2.36. The highest BCUT2D eigenvalue weighted by atomic mass is 16.5. The summed E-state index contributed by atoms with van der Waals surface area (Å²) < 4.78 is 10.8. The van der Waals surface area contributed by atoms with Gasteiger partial charge < -0.3 is 14.5 Å². The van der Waals surface area contributed by atoms with Crippen molar-refractivity contribution < 1.29 is 13.9 Å². The van der Waals surface area contributed by atoms with Crippen LogP contribution >= 0.6 is 0 Å². The minimum absolute atomic E-state index is 0.000625. The summed E-state index contributed by atoms with van der Waals surface area (Å²) in [6.45, 7) is 0.472. The summed E-state index contributed by atoms with van der Waals surface area (Å²) in [7, 11) is 3.89. The van der Waals surface area contributed by atoms with Crippen molar-refractivity contribution in [3.05, 3.63) is 54.5 Å². The third-order valence-electron chi connectivity index (χ3n) is 3.10. The number of para-hydroxylation sites is 1. The first-order valence-corrected chi connectivity index (χ1v) is 6.81. The number of benzene rings is 1. The van der Waals surface area contributed by atoms with Gasteiger partial charge in [-0.1, -0.05) is 18.2 Å². The molecule has 0 aliphatic rings. The first kappa shape index (κ1) is 15.1. The molecule has 0 bridgehead atoms. The van der Waals surface area contributed by atoms with E-state index in [0.717, 1.165) is 5.76 Å². The number of carbonyl (C=O) groups is 1. The fraction of sp³-hybridized carbons (Fsp3) is 0.312. The van der Waals surface area contributed by atoms with Gasteiger partial charge in [0, 0.05) is 6.54 Å². The third kappa shape index (κ3) is 4.65. The summed E-state index contributed by atoms with van der Waals surface area (Å²) in [4.78, 5) is 13.8. The standard InChI is InChI=1S/C16H20N2O3/c1-18(2)14(15-9-6-10-20-15)11-17-16(19)12-21-13-7-4-3-5-8-13/h3-10,14H,11-12H2,1-2H3,(H,17,19)/t14-/m1/s1. The fourth-order valence-corrected chi connectivity index (χ4v) is 1.95. The zero-order valence-electron chi connectivity index (χ0n) is 12.3. The molecule has 5 heteroatoms. The number of amides is 1. The van der Waals surface area contributed by atoms with Crippen molar-refractivity contribution in [2.45, 2.75) is 6.04 Å². The van der Waals surface area contributed by atoms with Gasteiger partial charge in [-0.25, -0.2) is 0 Å². The van der Waals surface area contributed by atoms with Gasteiger partial charge in [0.15, 0.2) is 6.61 Å². The second kappa shape index (κ2) is 7.50. The van der Waals surface area contributed by atoms with E-state index in [0.29, 0.717) is 12.3 Å². The average Bonchev–Trinajstić information content (AvgIpc) is 3.00. The van der Waals surface area contributed by atoms with Gasteiger partial charge in [-0.2, -0.15) is 0 Å². The van der Waals surface area contributed by atoms with E-state index in [-0.39, 0.29) is 18.6 Å². The summed E-state index contributed by atoms with van der Waals surface area (Å²) in [6, 6.07) is 13.0. The fourth-order valence-electron chi connectivity index (χ4n) is 1.95. The molecule has 1 atom stereocenters. The molecular formula is C16H20N2O3. The Labute approximate surface area is 124 Å². The van der Waals surface area contributed by atoms with Gasteiger partial charge in [-0.05, 0) is 38.4 Å². The molecular weight excluding hydrogens is 268 g/mol. The zero-order valence-corrected chi connectivity index (χ0v) is 12.3. The molecule has 21 heavy (non-hydrogen) atoms. The number of carbonyl (C=O) groups excluding carboxylic acids is 1. The lowest BCUT2D eigenvalue weighted by atomic mass is 10.2. The van der Waals surface area contributed by atoms with Crippen LogP contribution in [0.4, 0.5) is 0 Å². The monoisotopic (exact) mass is 288 g/mol. The zero-order chi connectivity index (χ0) is 15.1. The van der Waals surface area contributed by atoms with Crippen LogP contribution in [0.3, 0.4) is 0 Å². The van der Waals surface area contributed by atoms with E-state index in [1.54, 1.807) is 6.26 Å². The van der Waals surface area contributed by atoms with Crippen molar-refractivity contribution in [1.82, 2.24) is 10.2 Å².